The number of hydrogen-bond donors (Lipinski definition) is 1. The second-order valence-corrected chi connectivity index (χ2v) is 7.54. The zero-order chi connectivity index (χ0) is 23.5. The van der Waals surface area contributed by atoms with Crippen LogP contribution in [-0.4, -0.2) is 59.1 Å². The Hall–Kier alpha value is -3.24. The van der Waals surface area contributed by atoms with Gasteiger partial charge in [0.2, 0.25) is 5.91 Å². The lowest BCUT2D eigenvalue weighted by atomic mass is 10.0. The van der Waals surface area contributed by atoms with Crippen molar-refractivity contribution in [1.82, 2.24) is 14.8 Å². The van der Waals surface area contributed by atoms with Crippen LogP contribution in [0.25, 0.3) is 11.3 Å². The van der Waals surface area contributed by atoms with Gasteiger partial charge in [-0.2, -0.15) is 13.2 Å². The Bertz CT molecular complexity index is 953. The normalized spacial score (nSPS) is 14.4. The minimum atomic E-state index is -4.54. The quantitative estimate of drug-likeness (QED) is 0.632. The number of anilines is 1. The number of carbonyl (C=O) groups is 2. The largest absolute Gasteiger partial charge is 0.397 e. The summed E-state index contributed by atoms with van der Waals surface area (Å²) >= 11 is 0. The number of halogens is 5. The number of benzene rings is 1. The molecule has 6 nitrogen and oxygen atoms in total. The topological polar surface area (TPSA) is 65.5 Å². The summed E-state index contributed by atoms with van der Waals surface area (Å²) in [5.41, 5.74) is 0.940. The van der Waals surface area contributed by atoms with Crippen LogP contribution in [0.5, 0.6) is 0 Å². The van der Waals surface area contributed by atoms with E-state index in [9.17, 15) is 31.5 Å². The van der Waals surface area contributed by atoms with Crippen LogP contribution >= 0.6 is 0 Å². The first kappa shape index (κ1) is 26.0. The van der Waals surface area contributed by atoms with Crippen LogP contribution in [0.15, 0.2) is 36.5 Å². The SMILES string of the molecule is C.CN(C(=O)Nc1ccc(-c2cc(F)cc(F)c2)nc1)C1CCN(C(=O)CC(F)(F)F)CC1. The minimum absolute atomic E-state index is 0. The van der Waals surface area contributed by atoms with Crippen molar-refractivity contribution in [1.29, 1.82) is 0 Å². The van der Waals surface area contributed by atoms with Crippen LogP contribution in [0.3, 0.4) is 0 Å². The van der Waals surface area contributed by atoms with Gasteiger partial charge in [-0.05, 0) is 37.1 Å². The molecule has 0 unspecified atom stereocenters. The average Bonchev–Trinajstić information content (AvgIpc) is 2.72. The molecule has 1 fully saturated rings. The highest BCUT2D eigenvalue weighted by Crippen LogP contribution is 2.24. The smallest absolute Gasteiger partial charge is 0.342 e. The number of urea groups is 1. The Labute approximate surface area is 188 Å². The number of hydrogen-bond acceptors (Lipinski definition) is 3. The van der Waals surface area contributed by atoms with Crippen molar-refractivity contribution in [2.75, 3.05) is 25.5 Å². The van der Waals surface area contributed by atoms with Gasteiger partial charge >= 0.3 is 12.2 Å². The molecule has 1 aliphatic rings. The third kappa shape index (κ3) is 7.13. The molecule has 3 amide bonds. The predicted molar refractivity (Wildman–Crippen MR) is 113 cm³/mol. The van der Waals surface area contributed by atoms with Crippen LogP contribution in [0.1, 0.15) is 26.7 Å². The van der Waals surface area contributed by atoms with Crippen molar-refractivity contribution in [3.8, 4) is 11.3 Å². The van der Waals surface area contributed by atoms with E-state index in [1.54, 1.807) is 7.05 Å². The molecule has 1 aliphatic heterocycles. The fourth-order valence-electron chi connectivity index (χ4n) is 3.50. The molecule has 0 radical (unpaired) electrons. The van der Waals surface area contributed by atoms with E-state index in [2.05, 4.69) is 10.3 Å². The molecule has 0 spiro atoms. The molecule has 0 aliphatic carbocycles. The molecule has 3 rings (SSSR count). The van der Waals surface area contributed by atoms with Crippen LogP contribution in [0, 0.1) is 11.6 Å². The van der Waals surface area contributed by atoms with E-state index >= 15 is 0 Å². The Morgan fingerprint density at radius 2 is 1.73 bits per heavy atom. The Kier molecular flexibility index (Phi) is 8.34. The zero-order valence-corrected chi connectivity index (χ0v) is 17.1. The van der Waals surface area contributed by atoms with E-state index in [0.717, 1.165) is 23.1 Å². The first-order valence-electron chi connectivity index (χ1n) is 9.83. The Morgan fingerprint density at radius 3 is 2.24 bits per heavy atom. The number of likely N-dealkylation sites (tertiary alicyclic amines) is 1. The summed E-state index contributed by atoms with van der Waals surface area (Å²) in [6, 6.07) is 5.39. The van der Waals surface area contributed by atoms with E-state index in [1.807, 2.05) is 0 Å². The number of amides is 3. The third-order valence-corrected chi connectivity index (χ3v) is 5.21. The van der Waals surface area contributed by atoms with Gasteiger partial charge in [-0.15, -0.1) is 0 Å². The van der Waals surface area contributed by atoms with E-state index in [1.165, 1.54) is 23.2 Å². The summed E-state index contributed by atoms with van der Waals surface area (Å²) in [5, 5.41) is 2.65. The number of alkyl halides is 3. The lowest BCUT2D eigenvalue weighted by molar-refractivity contribution is -0.162. The number of piperidine rings is 1. The van der Waals surface area contributed by atoms with Crippen molar-refractivity contribution in [3.05, 3.63) is 48.2 Å². The molecule has 180 valence electrons. The van der Waals surface area contributed by atoms with E-state index in [4.69, 9.17) is 0 Å². The van der Waals surface area contributed by atoms with Crippen molar-refractivity contribution in [2.24, 2.45) is 0 Å². The summed E-state index contributed by atoms with van der Waals surface area (Å²) < 4.78 is 63.9. The van der Waals surface area contributed by atoms with Crippen LogP contribution in [0.4, 0.5) is 32.4 Å². The van der Waals surface area contributed by atoms with Gasteiger partial charge in [0.15, 0.2) is 0 Å². The standard InChI is InChI=1S/C21H21F5N4O2.CH4/c1-29(17-4-6-30(7-5-17)19(31)11-21(24,25)26)20(32)28-16-2-3-18(27-12-16)13-8-14(22)10-15(23)9-13;/h2-3,8-10,12,17H,4-7,11H2,1H3,(H,28,32);1H4. The van der Waals surface area contributed by atoms with Crippen LogP contribution in [-0.2, 0) is 4.79 Å². The highest BCUT2D eigenvalue weighted by atomic mass is 19.4. The minimum Gasteiger partial charge on any atom is -0.342 e. The monoisotopic (exact) mass is 472 g/mol. The second-order valence-electron chi connectivity index (χ2n) is 7.54. The number of aromatic nitrogens is 1. The third-order valence-electron chi connectivity index (χ3n) is 5.21. The predicted octanol–water partition coefficient (Wildman–Crippen LogP) is 5.07. The molecule has 11 heteroatoms. The van der Waals surface area contributed by atoms with Crippen molar-refractivity contribution in [2.45, 2.75) is 38.9 Å². The molecule has 2 heterocycles. The summed E-state index contributed by atoms with van der Waals surface area (Å²) in [6.45, 7) is 0.273. The molecule has 0 bridgehead atoms. The van der Waals surface area contributed by atoms with Crippen LogP contribution in [0.2, 0.25) is 0 Å². The number of pyridine rings is 1. The van der Waals surface area contributed by atoms with Gasteiger partial charge in [0.25, 0.3) is 0 Å². The molecule has 1 saturated heterocycles. The number of rotatable bonds is 4. The molecular weight excluding hydrogens is 447 g/mol. The molecule has 1 aromatic carbocycles. The second kappa shape index (κ2) is 10.6. The van der Waals surface area contributed by atoms with Crippen molar-refractivity contribution >= 4 is 17.6 Å². The Balaban J connectivity index is 0.00000385. The lowest BCUT2D eigenvalue weighted by Gasteiger charge is -2.36. The van der Waals surface area contributed by atoms with Gasteiger partial charge < -0.3 is 15.1 Å². The highest BCUT2D eigenvalue weighted by Gasteiger charge is 2.35. The molecule has 1 N–H and O–H groups in total. The Morgan fingerprint density at radius 1 is 1.12 bits per heavy atom. The molecular formula is C22H25F5N4O2. The average molecular weight is 472 g/mol. The number of nitrogens with one attached hydrogen (secondary N) is 1. The number of carbonyl (C=O) groups excluding carboxylic acids is 2. The number of nitrogens with zero attached hydrogens (tertiary/aromatic N) is 3. The van der Waals surface area contributed by atoms with Gasteiger partial charge in [-0.3, -0.25) is 9.78 Å². The van der Waals surface area contributed by atoms with Gasteiger partial charge in [-0.1, -0.05) is 7.43 Å². The lowest BCUT2D eigenvalue weighted by Crippen LogP contribution is -2.48. The van der Waals surface area contributed by atoms with Gasteiger partial charge in [-0.25, -0.2) is 13.6 Å². The molecule has 0 atom stereocenters. The zero-order valence-electron chi connectivity index (χ0n) is 17.1. The maximum absolute atomic E-state index is 13.4. The molecule has 2 aromatic rings. The molecule has 1 aromatic heterocycles. The van der Waals surface area contributed by atoms with Crippen molar-refractivity contribution < 1.29 is 31.5 Å². The maximum atomic E-state index is 13.4. The fourth-order valence-corrected chi connectivity index (χ4v) is 3.50. The van der Waals surface area contributed by atoms with E-state index in [0.29, 0.717) is 24.2 Å². The molecule has 33 heavy (non-hydrogen) atoms. The van der Waals surface area contributed by atoms with Gasteiger partial charge in [0.05, 0.1) is 17.6 Å². The van der Waals surface area contributed by atoms with Crippen molar-refractivity contribution in [3.63, 3.8) is 0 Å². The summed E-state index contributed by atoms with van der Waals surface area (Å²) in [5.74, 6) is -2.42. The summed E-state index contributed by atoms with van der Waals surface area (Å²) in [7, 11) is 1.56. The molecule has 0 saturated carbocycles. The summed E-state index contributed by atoms with van der Waals surface area (Å²) in [6.07, 6.45) is -3.97. The first-order valence-corrected chi connectivity index (χ1v) is 9.83. The summed E-state index contributed by atoms with van der Waals surface area (Å²) in [4.78, 5) is 30.9. The first-order chi connectivity index (χ1) is 15.0. The fraction of sp³-hybridized carbons (Fsp3) is 0.409. The van der Waals surface area contributed by atoms with E-state index in [-0.39, 0.29) is 32.1 Å². The van der Waals surface area contributed by atoms with Crippen LogP contribution < -0.4 is 5.32 Å². The highest BCUT2D eigenvalue weighted by molar-refractivity contribution is 5.89. The van der Waals surface area contributed by atoms with Gasteiger partial charge in [0, 0.05) is 37.8 Å². The van der Waals surface area contributed by atoms with Gasteiger partial charge in [0.1, 0.15) is 18.1 Å². The maximum Gasteiger partial charge on any atom is 0.397 e. The van der Waals surface area contributed by atoms with E-state index < -0.39 is 36.2 Å².